The van der Waals surface area contributed by atoms with Gasteiger partial charge >= 0.3 is 0 Å². The second-order valence-electron chi connectivity index (χ2n) is 5.42. The third-order valence-corrected chi connectivity index (χ3v) is 4.39. The highest BCUT2D eigenvalue weighted by atomic mass is 32.2. The van der Waals surface area contributed by atoms with Crippen molar-refractivity contribution in [2.75, 3.05) is 5.75 Å². The van der Waals surface area contributed by atoms with E-state index in [-0.39, 0.29) is 0 Å². The van der Waals surface area contributed by atoms with Gasteiger partial charge < -0.3 is 5.32 Å². The summed E-state index contributed by atoms with van der Waals surface area (Å²) in [5, 5.41) is 3.79. The first-order valence-corrected chi connectivity index (χ1v) is 7.63. The number of fused-ring (bicyclic) bond motifs is 1. The number of hydrogen-bond acceptors (Lipinski definition) is 2. The zero-order valence-corrected chi connectivity index (χ0v) is 11.9. The van der Waals surface area contributed by atoms with Gasteiger partial charge in [-0.05, 0) is 43.1 Å². The van der Waals surface area contributed by atoms with Crippen molar-refractivity contribution in [3.05, 3.63) is 29.8 Å². The van der Waals surface area contributed by atoms with Gasteiger partial charge in [-0.2, -0.15) is 0 Å². The van der Waals surface area contributed by atoms with Crippen molar-refractivity contribution in [2.45, 2.75) is 50.6 Å². The van der Waals surface area contributed by atoms with Crippen molar-refractivity contribution in [3.63, 3.8) is 0 Å². The average molecular weight is 249 g/mol. The normalized spacial score (nSPS) is 21.3. The molecule has 1 aliphatic rings. The van der Waals surface area contributed by atoms with Crippen LogP contribution in [0, 0.1) is 5.92 Å². The van der Waals surface area contributed by atoms with E-state index in [0.29, 0.717) is 12.1 Å². The van der Waals surface area contributed by atoms with E-state index in [9.17, 15) is 0 Å². The molecule has 0 aliphatic carbocycles. The summed E-state index contributed by atoms with van der Waals surface area (Å²) in [6.07, 6.45) is 2.51. The summed E-state index contributed by atoms with van der Waals surface area (Å²) in [5.74, 6) is 2.01. The first kappa shape index (κ1) is 13.0. The molecule has 0 saturated carbocycles. The maximum absolute atomic E-state index is 3.79. The van der Waals surface area contributed by atoms with Gasteiger partial charge in [0.15, 0.2) is 0 Å². The molecule has 0 fully saturated rings. The van der Waals surface area contributed by atoms with E-state index in [1.165, 1.54) is 29.1 Å². The van der Waals surface area contributed by atoms with E-state index in [1.807, 2.05) is 11.8 Å². The zero-order chi connectivity index (χ0) is 12.3. The second-order valence-corrected chi connectivity index (χ2v) is 6.56. The molecular formula is C15H23NS. The summed E-state index contributed by atoms with van der Waals surface area (Å²) in [5.41, 5.74) is 1.50. The Balaban J connectivity index is 2.03. The van der Waals surface area contributed by atoms with Crippen LogP contribution in [-0.4, -0.2) is 11.8 Å². The molecule has 0 aromatic heterocycles. The largest absolute Gasteiger partial charge is 0.307 e. The van der Waals surface area contributed by atoms with Crippen LogP contribution in [0.15, 0.2) is 29.2 Å². The van der Waals surface area contributed by atoms with E-state index in [2.05, 4.69) is 50.4 Å². The molecule has 2 atom stereocenters. The third kappa shape index (κ3) is 3.49. The van der Waals surface area contributed by atoms with Gasteiger partial charge in [0, 0.05) is 17.0 Å². The van der Waals surface area contributed by atoms with Gasteiger partial charge in [0.05, 0.1) is 0 Å². The van der Waals surface area contributed by atoms with E-state index in [0.717, 1.165) is 5.92 Å². The molecule has 0 amide bonds. The van der Waals surface area contributed by atoms with Crippen molar-refractivity contribution in [3.8, 4) is 0 Å². The number of nitrogens with one attached hydrogen (secondary N) is 1. The molecule has 1 heterocycles. The molecular weight excluding hydrogens is 226 g/mol. The number of rotatable bonds is 4. The molecule has 1 aliphatic heterocycles. The van der Waals surface area contributed by atoms with Crippen molar-refractivity contribution in [2.24, 2.45) is 5.92 Å². The molecule has 0 saturated heterocycles. The highest BCUT2D eigenvalue weighted by Gasteiger charge is 2.21. The predicted molar refractivity (Wildman–Crippen MR) is 76.6 cm³/mol. The fraction of sp³-hybridized carbons (Fsp3) is 0.600. The smallest absolute Gasteiger partial charge is 0.0341 e. The van der Waals surface area contributed by atoms with Crippen LogP contribution in [-0.2, 0) is 0 Å². The standard InChI is InChI=1S/C15H23NS/c1-11(2)10-12(3)16-14-8-9-17-15-7-5-4-6-13(14)15/h4-7,11-12,14,16H,8-10H2,1-3H3. The highest BCUT2D eigenvalue weighted by Crippen LogP contribution is 2.36. The van der Waals surface area contributed by atoms with Crippen molar-refractivity contribution >= 4 is 11.8 Å². The molecule has 0 bridgehead atoms. The van der Waals surface area contributed by atoms with E-state index >= 15 is 0 Å². The Morgan fingerprint density at radius 2 is 2.06 bits per heavy atom. The third-order valence-electron chi connectivity index (χ3n) is 3.27. The molecule has 17 heavy (non-hydrogen) atoms. The van der Waals surface area contributed by atoms with Crippen LogP contribution in [0.2, 0.25) is 0 Å². The SMILES string of the molecule is CC(C)CC(C)NC1CCSc2ccccc21. The number of thioether (sulfide) groups is 1. The van der Waals surface area contributed by atoms with Crippen LogP contribution >= 0.6 is 11.8 Å². The van der Waals surface area contributed by atoms with Crippen LogP contribution in [0.4, 0.5) is 0 Å². The lowest BCUT2D eigenvalue weighted by atomic mass is 10.00. The molecule has 1 nitrogen and oxygen atoms in total. The topological polar surface area (TPSA) is 12.0 Å². The van der Waals surface area contributed by atoms with Crippen molar-refractivity contribution < 1.29 is 0 Å². The number of benzene rings is 1. The molecule has 94 valence electrons. The van der Waals surface area contributed by atoms with Crippen molar-refractivity contribution in [1.82, 2.24) is 5.32 Å². The fourth-order valence-corrected chi connectivity index (χ4v) is 3.76. The van der Waals surface area contributed by atoms with E-state index in [4.69, 9.17) is 0 Å². The van der Waals surface area contributed by atoms with Gasteiger partial charge in [0.25, 0.3) is 0 Å². The van der Waals surface area contributed by atoms with E-state index in [1.54, 1.807) is 0 Å². The molecule has 0 spiro atoms. The van der Waals surface area contributed by atoms with Gasteiger partial charge in [-0.15, -0.1) is 11.8 Å². The average Bonchev–Trinajstić information content (AvgIpc) is 2.28. The summed E-state index contributed by atoms with van der Waals surface area (Å²) in [6.45, 7) is 6.90. The molecule has 0 radical (unpaired) electrons. The molecule has 1 aromatic carbocycles. The molecule has 2 heteroatoms. The first-order valence-electron chi connectivity index (χ1n) is 6.64. The summed E-state index contributed by atoms with van der Waals surface area (Å²) >= 11 is 1.99. The van der Waals surface area contributed by atoms with Gasteiger partial charge in [-0.3, -0.25) is 0 Å². The Kier molecular flexibility index (Phi) is 4.52. The number of hydrogen-bond donors (Lipinski definition) is 1. The lowest BCUT2D eigenvalue weighted by Crippen LogP contribution is -2.33. The van der Waals surface area contributed by atoms with Gasteiger partial charge in [-0.1, -0.05) is 32.0 Å². The molecule has 2 rings (SSSR count). The van der Waals surface area contributed by atoms with Gasteiger partial charge in [-0.25, -0.2) is 0 Å². The lowest BCUT2D eigenvalue weighted by Gasteiger charge is -2.29. The zero-order valence-electron chi connectivity index (χ0n) is 11.1. The van der Waals surface area contributed by atoms with Crippen LogP contribution in [0.25, 0.3) is 0 Å². The Hall–Kier alpha value is -0.470. The van der Waals surface area contributed by atoms with Gasteiger partial charge in [0.2, 0.25) is 0 Å². The van der Waals surface area contributed by atoms with Crippen LogP contribution in [0.3, 0.4) is 0 Å². The van der Waals surface area contributed by atoms with E-state index < -0.39 is 0 Å². The minimum atomic E-state index is 0.557. The summed E-state index contributed by atoms with van der Waals surface area (Å²) in [7, 11) is 0. The lowest BCUT2D eigenvalue weighted by molar-refractivity contribution is 0.385. The fourth-order valence-electron chi connectivity index (χ4n) is 2.63. The summed E-state index contributed by atoms with van der Waals surface area (Å²) in [4.78, 5) is 1.47. The monoisotopic (exact) mass is 249 g/mol. The first-order chi connectivity index (χ1) is 8.16. The quantitative estimate of drug-likeness (QED) is 0.856. The molecule has 1 N–H and O–H groups in total. The summed E-state index contributed by atoms with van der Waals surface area (Å²) in [6, 6.07) is 10.00. The second kappa shape index (κ2) is 5.92. The summed E-state index contributed by atoms with van der Waals surface area (Å²) < 4.78 is 0. The Morgan fingerprint density at radius 3 is 2.82 bits per heavy atom. The Morgan fingerprint density at radius 1 is 1.29 bits per heavy atom. The van der Waals surface area contributed by atoms with Crippen LogP contribution in [0.1, 0.15) is 45.2 Å². The van der Waals surface area contributed by atoms with Gasteiger partial charge in [0.1, 0.15) is 0 Å². The Labute approximate surface area is 109 Å². The highest BCUT2D eigenvalue weighted by molar-refractivity contribution is 7.99. The van der Waals surface area contributed by atoms with Crippen LogP contribution in [0.5, 0.6) is 0 Å². The maximum Gasteiger partial charge on any atom is 0.0341 e. The van der Waals surface area contributed by atoms with Crippen molar-refractivity contribution in [1.29, 1.82) is 0 Å². The molecule has 2 unspecified atom stereocenters. The predicted octanol–water partition coefficient (Wildman–Crippen LogP) is 4.25. The minimum absolute atomic E-state index is 0.557. The maximum atomic E-state index is 3.79. The molecule has 1 aromatic rings. The van der Waals surface area contributed by atoms with Crippen LogP contribution < -0.4 is 5.32 Å². The Bertz CT molecular complexity index is 362. The minimum Gasteiger partial charge on any atom is -0.307 e.